The van der Waals surface area contributed by atoms with Crippen LogP contribution in [-0.2, 0) is 9.53 Å². The van der Waals surface area contributed by atoms with Crippen LogP contribution in [0, 0.1) is 9.49 Å². The second kappa shape index (κ2) is 7.74. The Morgan fingerprint density at radius 3 is 2.72 bits per heavy atom. The molecule has 4 heteroatoms. The summed E-state index contributed by atoms with van der Waals surface area (Å²) in [7, 11) is 0. The summed E-state index contributed by atoms with van der Waals surface area (Å²) < 4.78 is 6.24. The normalized spacial score (nSPS) is 12.5. The summed E-state index contributed by atoms with van der Waals surface area (Å²) in [5.74, 6) is 0.282. The summed E-state index contributed by atoms with van der Waals surface area (Å²) in [6.45, 7) is 7.25. The number of carbonyl (C=O) groups excluding carboxylic acids is 1. The van der Waals surface area contributed by atoms with Gasteiger partial charge in [-0.05, 0) is 59.7 Å². The Balaban J connectivity index is 2.85. The third-order valence-corrected chi connectivity index (χ3v) is 3.11. The molecule has 0 amide bonds. The number of ether oxygens (including phenoxy) is 1. The second-order valence-electron chi connectivity index (χ2n) is 4.54. The van der Waals surface area contributed by atoms with E-state index in [0.717, 1.165) is 15.7 Å². The molecule has 0 aromatic heterocycles. The number of esters is 1. The van der Waals surface area contributed by atoms with E-state index < -0.39 is 0 Å². The highest BCUT2D eigenvalue weighted by atomic mass is 127. The average molecular weight is 361 g/mol. The molecule has 1 N–H and O–H groups in total. The zero-order valence-electron chi connectivity index (χ0n) is 11.1. The molecule has 0 aliphatic carbocycles. The number of halogens is 1. The van der Waals surface area contributed by atoms with Gasteiger partial charge in [-0.2, -0.15) is 0 Å². The van der Waals surface area contributed by atoms with E-state index in [9.17, 15) is 4.79 Å². The molecule has 1 atom stereocenters. The van der Waals surface area contributed by atoms with E-state index in [1.165, 1.54) is 0 Å². The van der Waals surface area contributed by atoms with Gasteiger partial charge in [0.15, 0.2) is 0 Å². The zero-order chi connectivity index (χ0) is 13.5. The van der Waals surface area contributed by atoms with Gasteiger partial charge in [0.05, 0.1) is 6.61 Å². The molecule has 0 aliphatic heterocycles. The van der Waals surface area contributed by atoms with Gasteiger partial charge in [-0.25, -0.2) is 4.79 Å². The Morgan fingerprint density at radius 1 is 1.44 bits per heavy atom. The van der Waals surface area contributed by atoms with Gasteiger partial charge in [0.2, 0.25) is 0 Å². The fourth-order valence-corrected chi connectivity index (χ4v) is 2.17. The maximum atomic E-state index is 12.0. The van der Waals surface area contributed by atoms with Gasteiger partial charge >= 0.3 is 5.97 Å². The van der Waals surface area contributed by atoms with Crippen molar-refractivity contribution in [2.75, 3.05) is 13.2 Å². The van der Waals surface area contributed by atoms with E-state index in [0.29, 0.717) is 12.5 Å². The molecule has 3 nitrogen and oxygen atoms in total. The maximum absolute atomic E-state index is 12.0. The molecule has 0 fully saturated rings. The first kappa shape index (κ1) is 15.4. The van der Waals surface area contributed by atoms with E-state index in [1.807, 2.05) is 31.2 Å². The molecule has 1 rings (SSSR count). The van der Waals surface area contributed by atoms with Gasteiger partial charge in [0, 0.05) is 3.57 Å². The molecule has 0 saturated carbocycles. The highest BCUT2D eigenvalue weighted by Gasteiger charge is 2.21. The number of nitrogens with one attached hydrogen (secondary N) is 1. The van der Waals surface area contributed by atoms with Crippen molar-refractivity contribution in [1.82, 2.24) is 5.32 Å². The Hall–Kier alpha value is -0.620. The molecular weight excluding hydrogens is 341 g/mol. The van der Waals surface area contributed by atoms with Crippen LogP contribution in [0.3, 0.4) is 0 Å². The predicted molar refractivity (Wildman–Crippen MR) is 81.4 cm³/mol. The van der Waals surface area contributed by atoms with Gasteiger partial charge in [0.1, 0.15) is 6.04 Å². The third kappa shape index (κ3) is 4.94. The fourth-order valence-electron chi connectivity index (χ4n) is 1.60. The topological polar surface area (TPSA) is 38.3 Å². The predicted octanol–water partition coefficient (Wildman–Crippen LogP) is 3.14. The molecule has 1 aromatic carbocycles. The summed E-state index contributed by atoms with van der Waals surface area (Å²) >= 11 is 2.25. The number of carbonyl (C=O) groups is 1. The Morgan fingerprint density at radius 2 is 2.17 bits per heavy atom. The van der Waals surface area contributed by atoms with Gasteiger partial charge in [-0.15, -0.1) is 0 Å². The Kier molecular flexibility index (Phi) is 6.63. The standard InChI is InChI=1S/C14H20INO2/c1-4-18-14(17)13(16-9-10(2)3)11-6-5-7-12(15)8-11/h5-8,10,13,16H,4,9H2,1-3H3. The average Bonchev–Trinajstić information content (AvgIpc) is 2.29. The highest BCUT2D eigenvalue weighted by molar-refractivity contribution is 14.1. The summed E-state index contributed by atoms with van der Waals surface area (Å²) in [6, 6.07) is 7.56. The lowest BCUT2D eigenvalue weighted by atomic mass is 10.1. The summed E-state index contributed by atoms with van der Waals surface area (Å²) in [6.07, 6.45) is 0. The first-order valence-electron chi connectivity index (χ1n) is 6.20. The molecule has 18 heavy (non-hydrogen) atoms. The Labute approximate surface area is 122 Å². The van der Waals surface area contributed by atoms with Gasteiger partial charge in [-0.3, -0.25) is 0 Å². The molecule has 1 unspecified atom stereocenters. The van der Waals surface area contributed by atoms with Crippen LogP contribution < -0.4 is 5.32 Å². The SMILES string of the molecule is CCOC(=O)C(NCC(C)C)c1cccc(I)c1. The van der Waals surface area contributed by atoms with E-state index in [2.05, 4.69) is 41.8 Å². The van der Waals surface area contributed by atoms with Crippen molar-refractivity contribution >= 4 is 28.6 Å². The van der Waals surface area contributed by atoms with Gasteiger partial charge in [0.25, 0.3) is 0 Å². The molecule has 100 valence electrons. The number of hydrogen-bond donors (Lipinski definition) is 1. The Bertz CT molecular complexity index is 393. The number of benzene rings is 1. The maximum Gasteiger partial charge on any atom is 0.327 e. The van der Waals surface area contributed by atoms with Crippen LogP contribution in [0.15, 0.2) is 24.3 Å². The third-order valence-electron chi connectivity index (χ3n) is 2.43. The number of hydrogen-bond acceptors (Lipinski definition) is 3. The first-order valence-corrected chi connectivity index (χ1v) is 7.28. The second-order valence-corrected chi connectivity index (χ2v) is 5.79. The molecule has 0 bridgehead atoms. The lowest BCUT2D eigenvalue weighted by Crippen LogP contribution is -2.32. The quantitative estimate of drug-likeness (QED) is 0.625. The molecular formula is C14H20INO2. The van der Waals surface area contributed by atoms with Crippen LogP contribution in [-0.4, -0.2) is 19.1 Å². The summed E-state index contributed by atoms with van der Waals surface area (Å²) in [5, 5.41) is 3.27. The van der Waals surface area contributed by atoms with E-state index in [1.54, 1.807) is 0 Å². The lowest BCUT2D eigenvalue weighted by molar-refractivity contribution is -0.145. The minimum atomic E-state index is -0.373. The number of rotatable bonds is 6. The molecule has 0 saturated heterocycles. The first-order chi connectivity index (χ1) is 8.54. The minimum absolute atomic E-state index is 0.208. The fraction of sp³-hybridized carbons (Fsp3) is 0.500. The van der Waals surface area contributed by atoms with Crippen molar-refractivity contribution < 1.29 is 9.53 Å². The van der Waals surface area contributed by atoms with Crippen LogP contribution in [0.5, 0.6) is 0 Å². The molecule has 0 heterocycles. The van der Waals surface area contributed by atoms with Crippen molar-refractivity contribution in [2.24, 2.45) is 5.92 Å². The molecule has 0 radical (unpaired) electrons. The molecule has 1 aromatic rings. The molecule has 0 spiro atoms. The van der Waals surface area contributed by atoms with E-state index >= 15 is 0 Å². The van der Waals surface area contributed by atoms with E-state index in [4.69, 9.17) is 4.74 Å². The van der Waals surface area contributed by atoms with Gasteiger partial charge < -0.3 is 10.1 Å². The van der Waals surface area contributed by atoms with Crippen molar-refractivity contribution in [2.45, 2.75) is 26.8 Å². The van der Waals surface area contributed by atoms with Crippen LogP contribution in [0.1, 0.15) is 32.4 Å². The van der Waals surface area contributed by atoms with Gasteiger partial charge in [-0.1, -0.05) is 26.0 Å². The molecule has 0 aliphatic rings. The lowest BCUT2D eigenvalue weighted by Gasteiger charge is -2.19. The summed E-state index contributed by atoms with van der Waals surface area (Å²) in [4.78, 5) is 12.0. The van der Waals surface area contributed by atoms with Crippen molar-refractivity contribution in [3.8, 4) is 0 Å². The smallest absolute Gasteiger partial charge is 0.327 e. The van der Waals surface area contributed by atoms with Crippen LogP contribution in [0.2, 0.25) is 0 Å². The monoisotopic (exact) mass is 361 g/mol. The highest BCUT2D eigenvalue weighted by Crippen LogP contribution is 2.18. The minimum Gasteiger partial charge on any atom is -0.465 e. The zero-order valence-corrected chi connectivity index (χ0v) is 13.2. The van der Waals surface area contributed by atoms with Crippen LogP contribution >= 0.6 is 22.6 Å². The van der Waals surface area contributed by atoms with Crippen molar-refractivity contribution in [3.63, 3.8) is 0 Å². The van der Waals surface area contributed by atoms with E-state index in [-0.39, 0.29) is 12.0 Å². The van der Waals surface area contributed by atoms with Crippen molar-refractivity contribution in [1.29, 1.82) is 0 Å². The van der Waals surface area contributed by atoms with Crippen LogP contribution in [0.25, 0.3) is 0 Å². The van der Waals surface area contributed by atoms with Crippen LogP contribution in [0.4, 0.5) is 0 Å². The van der Waals surface area contributed by atoms with Crippen molar-refractivity contribution in [3.05, 3.63) is 33.4 Å². The summed E-state index contributed by atoms with van der Waals surface area (Å²) in [5.41, 5.74) is 0.959. The largest absolute Gasteiger partial charge is 0.465 e.